The normalized spacial score (nSPS) is 26.7. The van der Waals surface area contributed by atoms with E-state index in [1.807, 2.05) is 22.8 Å². The highest BCUT2D eigenvalue weighted by Crippen LogP contribution is 2.53. The molecule has 2 aromatic rings. The third-order valence-electron chi connectivity index (χ3n) is 6.87. The number of rotatable bonds is 7. The highest BCUT2D eigenvalue weighted by Gasteiger charge is 2.59. The second kappa shape index (κ2) is 7.70. The van der Waals surface area contributed by atoms with Gasteiger partial charge in [-0.3, -0.25) is 14.4 Å². The summed E-state index contributed by atoms with van der Waals surface area (Å²) in [4.78, 5) is 18.1. The van der Waals surface area contributed by atoms with Crippen molar-refractivity contribution < 1.29 is 4.79 Å². The van der Waals surface area contributed by atoms with Crippen molar-refractivity contribution in [2.24, 2.45) is 5.41 Å². The molecule has 4 rings (SSSR count). The van der Waals surface area contributed by atoms with E-state index in [1.165, 1.54) is 17.5 Å². The lowest BCUT2D eigenvalue weighted by Gasteiger charge is -2.39. The molecular formula is C23H32N4O. The maximum absolute atomic E-state index is 13.6. The first-order chi connectivity index (χ1) is 13.6. The number of nitrogens with zero attached hydrogens (tertiary/aromatic N) is 4. The largest absolute Gasteiger partial charge is 0.345 e. The van der Waals surface area contributed by atoms with Gasteiger partial charge in [-0.2, -0.15) is 5.10 Å². The van der Waals surface area contributed by atoms with Gasteiger partial charge in [-0.05, 0) is 45.1 Å². The smallest absolute Gasteiger partial charge is 0.230 e. The monoisotopic (exact) mass is 380 g/mol. The summed E-state index contributed by atoms with van der Waals surface area (Å²) in [6, 6.07) is 11.4. The van der Waals surface area contributed by atoms with Crippen LogP contribution in [-0.4, -0.2) is 51.2 Å². The standard InChI is InChI=1S/C23H32N4O/c1-4-25(3)22(28)23(13-18-9-7-6-8-10-18)14-20-11-12-21(23)27(20)17-19-15-24-26(5-2)16-19/h6-10,15-16,20-21H,4-5,11-14,17H2,1-3H3/t20-,21+,23+/m0/s1. The molecule has 2 aliphatic rings. The van der Waals surface area contributed by atoms with Gasteiger partial charge < -0.3 is 4.90 Å². The summed E-state index contributed by atoms with van der Waals surface area (Å²) in [6.45, 7) is 6.73. The number of aromatic nitrogens is 2. The predicted octanol–water partition coefficient (Wildman–Crippen LogP) is 3.35. The highest BCUT2D eigenvalue weighted by atomic mass is 16.2. The fourth-order valence-electron chi connectivity index (χ4n) is 5.40. The van der Waals surface area contributed by atoms with Gasteiger partial charge in [0.15, 0.2) is 0 Å². The van der Waals surface area contributed by atoms with Gasteiger partial charge in [-0.1, -0.05) is 30.3 Å². The third kappa shape index (κ3) is 3.26. The molecule has 1 aromatic carbocycles. The van der Waals surface area contributed by atoms with Crippen LogP contribution in [0.1, 0.15) is 44.2 Å². The fourth-order valence-corrected chi connectivity index (χ4v) is 5.40. The Bertz CT molecular complexity index is 817. The van der Waals surface area contributed by atoms with Crippen molar-refractivity contribution in [2.45, 2.75) is 64.7 Å². The molecule has 0 N–H and O–H groups in total. The van der Waals surface area contributed by atoms with E-state index in [2.05, 4.69) is 60.4 Å². The van der Waals surface area contributed by atoms with Gasteiger partial charge in [0.2, 0.25) is 5.91 Å². The minimum Gasteiger partial charge on any atom is -0.345 e. The molecule has 2 aliphatic heterocycles. The zero-order valence-corrected chi connectivity index (χ0v) is 17.3. The molecule has 28 heavy (non-hydrogen) atoms. The topological polar surface area (TPSA) is 41.4 Å². The van der Waals surface area contributed by atoms with E-state index in [0.717, 1.165) is 38.9 Å². The summed E-state index contributed by atoms with van der Waals surface area (Å²) in [5, 5.41) is 4.44. The van der Waals surface area contributed by atoms with Crippen molar-refractivity contribution in [1.82, 2.24) is 19.6 Å². The van der Waals surface area contributed by atoms with Gasteiger partial charge in [-0.25, -0.2) is 0 Å². The molecule has 5 heteroatoms. The van der Waals surface area contributed by atoms with Crippen molar-refractivity contribution >= 4 is 5.91 Å². The van der Waals surface area contributed by atoms with Gasteiger partial charge in [0.05, 0.1) is 11.6 Å². The number of aryl methyl sites for hydroxylation is 1. The maximum Gasteiger partial charge on any atom is 0.230 e. The highest BCUT2D eigenvalue weighted by molar-refractivity contribution is 5.84. The van der Waals surface area contributed by atoms with Crippen molar-refractivity contribution in [2.75, 3.05) is 13.6 Å². The Labute approximate surface area is 168 Å². The zero-order chi connectivity index (χ0) is 19.7. The predicted molar refractivity (Wildman–Crippen MR) is 111 cm³/mol. The van der Waals surface area contributed by atoms with Crippen LogP contribution in [0.3, 0.4) is 0 Å². The number of benzene rings is 1. The molecule has 2 saturated heterocycles. The van der Waals surface area contributed by atoms with Crippen LogP contribution in [0.4, 0.5) is 0 Å². The van der Waals surface area contributed by atoms with Gasteiger partial charge >= 0.3 is 0 Å². The molecule has 0 radical (unpaired) electrons. The average molecular weight is 381 g/mol. The minimum atomic E-state index is -0.310. The van der Waals surface area contributed by atoms with Gasteiger partial charge in [-0.15, -0.1) is 0 Å². The molecule has 150 valence electrons. The van der Waals surface area contributed by atoms with Crippen molar-refractivity contribution in [3.05, 3.63) is 53.9 Å². The number of carbonyl (C=O) groups excluding carboxylic acids is 1. The quantitative estimate of drug-likeness (QED) is 0.740. The van der Waals surface area contributed by atoms with Crippen molar-refractivity contribution in [3.8, 4) is 0 Å². The number of hydrogen-bond acceptors (Lipinski definition) is 3. The molecule has 2 fully saturated rings. The number of carbonyl (C=O) groups is 1. The fraction of sp³-hybridized carbons (Fsp3) is 0.565. The van der Waals surface area contributed by atoms with E-state index < -0.39 is 0 Å². The lowest BCUT2D eigenvalue weighted by Crippen LogP contribution is -2.50. The number of fused-ring (bicyclic) bond motifs is 2. The van der Waals surface area contributed by atoms with E-state index in [0.29, 0.717) is 18.0 Å². The van der Waals surface area contributed by atoms with Crippen LogP contribution in [0.2, 0.25) is 0 Å². The molecule has 1 aromatic heterocycles. The summed E-state index contributed by atoms with van der Waals surface area (Å²) in [6.07, 6.45) is 8.26. The molecule has 1 amide bonds. The van der Waals surface area contributed by atoms with Crippen molar-refractivity contribution in [3.63, 3.8) is 0 Å². The molecule has 3 atom stereocenters. The second-order valence-corrected chi connectivity index (χ2v) is 8.47. The van der Waals surface area contributed by atoms with Crippen LogP contribution in [-0.2, 0) is 24.3 Å². The second-order valence-electron chi connectivity index (χ2n) is 8.47. The molecule has 2 bridgehead atoms. The molecule has 5 nitrogen and oxygen atoms in total. The van der Waals surface area contributed by atoms with E-state index in [9.17, 15) is 4.79 Å². The van der Waals surface area contributed by atoms with Gasteiger partial charge in [0, 0.05) is 50.5 Å². The summed E-state index contributed by atoms with van der Waals surface area (Å²) in [5.41, 5.74) is 2.22. The van der Waals surface area contributed by atoms with Gasteiger partial charge in [0.1, 0.15) is 0 Å². The molecule has 0 unspecified atom stereocenters. The summed E-state index contributed by atoms with van der Waals surface area (Å²) in [7, 11) is 1.96. The van der Waals surface area contributed by atoms with E-state index in [1.54, 1.807) is 0 Å². The summed E-state index contributed by atoms with van der Waals surface area (Å²) in [5.74, 6) is 0.320. The molecule has 0 aliphatic carbocycles. The average Bonchev–Trinajstić information content (AvgIpc) is 3.42. The zero-order valence-electron chi connectivity index (χ0n) is 17.3. The first kappa shape index (κ1) is 19.2. The van der Waals surface area contributed by atoms with Crippen LogP contribution in [0.15, 0.2) is 42.7 Å². The van der Waals surface area contributed by atoms with E-state index >= 15 is 0 Å². The Hall–Kier alpha value is -2.14. The lowest BCUT2D eigenvalue weighted by atomic mass is 9.69. The van der Waals surface area contributed by atoms with E-state index in [-0.39, 0.29) is 5.41 Å². The van der Waals surface area contributed by atoms with Crippen LogP contribution >= 0.6 is 0 Å². The molecule has 3 heterocycles. The Morgan fingerprint density at radius 1 is 1.21 bits per heavy atom. The van der Waals surface area contributed by atoms with Crippen molar-refractivity contribution in [1.29, 1.82) is 0 Å². The Morgan fingerprint density at radius 3 is 2.68 bits per heavy atom. The molecule has 0 spiro atoms. The Balaban J connectivity index is 1.64. The first-order valence-electron chi connectivity index (χ1n) is 10.6. The van der Waals surface area contributed by atoms with Crippen LogP contribution < -0.4 is 0 Å². The van der Waals surface area contributed by atoms with E-state index in [4.69, 9.17) is 0 Å². The summed E-state index contributed by atoms with van der Waals surface area (Å²) >= 11 is 0. The summed E-state index contributed by atoms with van der Waals surface area (Å²) < 4.78 is 1.99. The number of hydrogen-bond donors (Lipinski definition) is 0. The third-order valence-corrected chi connectivity index (χ3v) is 6.87. The lowest BCUT2D eigenvalue weighted by molar-refractivity contribution is -0.142. The molecular weight excluding hydrogens is 348 g/mol. The Morgan fingerprint density at radius 2 is 2.00 bits per heavy atom. The first-order valence-corrected chi connectivity index (χ1v) is 10.6. The van der Waals surface area contributed by atoms with Crippen LogP contribution in [0.5, 0.6) is 0 Å². The minimum absolute atomic E-state index is 0.309. The number of amides is 1. The van der Waals surface area contributed by atoms with Crippen LogP contribution in [0.25, 0.3) is 0 Å². The Kier molecular flexibility index (Phi) is 5.28. The van der Waals surface area contributed by atoms with Gasteiger partial charge in [0.25, 0.3) is 0 Å². The molecule has 0 saturated carbocycles. The van der Waals surface area contributed by atoms with Crippen LogP contribution in [0, 0.1) is 5.41 Å². The maximum atomic E-state index is 13.6. The SMILES string of the molecule is CCN(C)C(=O)[C@]1(Cc2ccccc2)C[C@@H]2CC[C@H]1N2Cc1cnn(CC)c1.